The molecule has 1 unspecified atom stereocenters. The average Bonchev–Trinajstić information content (AvgIpc) is 2.29. The lowest BCUT2D eigenvalue weighted by Gasteiger charge is -2.20. The summed E-state index contributed by atoms with van der Waals surface area (Å²) in [7, 11) is -1.86. The molecule has 1 atom stereocenters. The second-order valence-electron chi connectivity index (χ2n) is 4.29. The van der Waals surface area contributed by atoms with Gasteiger partial charge >= 0.3 is 0 Å². The fourth-order valence-corrected chi connectivity index (χ4v) is 2.75. The smallest absolute Gasteiger partial charge is 0.242 e. The molecule has 0 saturated carbocycles. The Balaban J connectivity index is 2.91. The first-order valence-corrected chi connectivity index (χ1v) is 7.07. The van der Waals surface area contributed by atoms with Gasteiger partial charge < -0.3 is 5.11 Å². The highest BCUT2D eigenvalue weighted by Crippen LogP contribution is 2.18. The number of nitrogens with zero attached hydrogens (tertiary/aromatic N) is 1. The van der Waals surface area contributed by atoms with E-state index in [2.05, 4.69) is 0 Å². The molecule has 0 aliphatic heterocycles. The summed E-state index contributed by atoms with van der Waals surface area (Å²) in [6.45, 7) is 4.55. The molecule has 0 amide bonds. The zero-order valence-electron chi connectivity index (χ0n) is 10.4. The number of phenols is 1. The van der Waals surface area contributed by atoms with Gasteiger partial charge in [0.25, 0.3) is 0 Å². The van der Waals surface area contributed by atoms with Crippen molar-refractivity contribution in [1.29, 1.82) is 0 Å². The number of hydrogen-bond acceptors (Lipinski definition) is 3. The van der Waals surface area contributed by atoms with Gasteiger partial charge in [-0.05, 0) is 30.2 Å². The van der Waals surface area contributed by atoms with Gasteiger partial charge in [-0.15, -0.1) is 0 Å². The molecule has 1 aromatic carbocycles. The molecule has 0 aliphatic rings. The topological polar surface area (TPSA) is 57.6 Å². The van der Waals surface area contributed by atoms with Crippen LogP contribution in [0.2, 0.25) is 0 Å². The van der Waals surface area contributed by atoms with Gasteiger partial charge in [0, 0.05) is 13.6 Å². The molecule has 0 fully saturated rings. The second kappa shape index (κ2) is 5.51. The third kappa shape index (κ3) is 3.44. The van der Waals surface area contributed by atoms with Crippen molar-refractivity contribution in [2.45, 2.75) is 25.2 Å². The summed E-state index contributed by atoms with van der Waals surface area (Å²) in [4.78, 5) is 0.209. The van der Waals surface area contributed by atoms with Crippen LogP contribution in [0.4, 0.5) is 0 Å². The summed E-state index contributed by atoms with van der Waals surface area (Å²) < 4.78 is 25.6. The maximum Gasteiger partial charge on any atom is 0.242 e. The van der Waals surface area contributed by atoms with Crippen LogP contribution < -0.4 is 0 Å². The molecule has 4 nitrogen and oxygen atoms in total. The van der Waals surface area contributed by atoms with Gasteiger partial charge in [-0.2, -0.15) is 0 Å². The van der Waals surface area contributed by atoms with Gasteiger partial charge in [0.1, 0.15) is 5.75 Å². The molecule has 0 bridgehead atoms. The standard InChI is InChI=1S/C12H19NO3S/c1-4-10(2)9-13(3)17(15,16)12-7-5-11(14)6-8-12/h5-8,10,14H,4,9H2,1-3H3. The summed E-state index contributed by atoms with van der Waals surface area (Å²) in [5.41, 5.74) is 0. The summed E-state index contributed by atoms with van der Waals surface area (Å²) in [5.74, 6) is 0.389. The largest absolute Gasteiger partial charge is 0.508 e. The van der Waals surface area contributed by atoms with E-state index in [1.807, 2.05) is 13.8 Å². The van der Waals surface area contributed by atoms with Crippen LogP contribution in [-0.4, -0.2) is 31.4 Å². The van der Waals surface area contributed by atoms with Crippen LogP contribution in [0.1, 0.15) is 20.3 Å². The Morgan fingerprint density at radius 1 is 1.29 bits per heavy atom. The zero-order chi connectivity index (χ0) is 13.1. The molecule has 5 heteroatoms. The normalized spacial score (nSPS) is 13.9. The number of benzene rings is 1. The van der Waals surface area contributed by atoms with E-state index in [4.69, 9.17) is 5.11 Å². The molecule has 0 radical (unpaired) electrons. The highest BCUT2D eigenvalue weighted by Gasteiger charge is 2.21. The molecule has 0 saturated heterocycles. The Bertz CT molecular complexity index is 453. The van der Waals surface area contributed by atoms with Crippen LogP contribution in [0, 0.1) is 5.92 Å². The number of aromatic hydroxyl groups is 1. The van der Waals surface area contributed by atoms with Gasteiger partial charge in [0.05, 0.1) is 4.90 Å². The van der Waals surface area contributed by atoms with Crippen molar-refractivity contribution < 1.29 is 13.5 Å². The first-order valence-electron chi connectivity index (χ1n) is 5.63. The highest BCUT2D eigenvalue weighted by atomic mass is 32.2. The van der Waals surface area contributed by atoms with Crippen molar-refractivity contribution >= 4 is 10.0 Å². The molecule has 0 heterocycles. The van der Waals surface area contributed by atoms with Crippen molar-refractivity contribution in [3.05, 3.63) is 24.3 Å². The Kier molecular flexibility index (Phi) is 4.54. The van der Waals surface area contributed by atoms with E-state index in [-0.39, 0.29) is 10.6 Å². The van der Waals surface area contributed by atoms with Crippen molar-refractivity contribution in [2.75, 3.05) is 13.6 Å². The number of hydrogen-bond donors (Lipinski definition) is 1. The third-order valence-corrected chi connectivity index (χ3v) is 4.65. The fourth-order valence-electron chi connectivity index (χ4n) is 1.46. The average molecular weight is 257 g/mol. The molecule has 96 valence electrons. The lowest BCUT2D eigenvalue weighted by molar-refractivity contribution is 0.393. The summed E-state index contributed by atoms with van der Waals surface area (Å²) in [6, 6.07) is 5.59. The minimum atomic E-state index is -3.44. The van der Waals surface area contributed by atoms with Crippen LogP contribution in [0.25, 0.3) is 0 Å². The molecule has 0 aliphatic carbocycles. The highest BCUT2D eigenvalue weighted by molar-refractivity contribution is 7.89. The fraction of sp³-hybridized carbons (Fsp3) is 0.500. The van der Waals surface area contributed by atoms with E-state index in [1.54, 1.807) is 7.05 Å². The molecular weight excluding hydrogens is 238 g/mol. The van der Waals surface area contributed by atoms with Crippen LogP contribution in [-0.2, 0) is 10.0 Å². The second-order valence-corrected chi connectivity index (χ2v) is 6.34. The first-order chi connectivity index (χ1) is 7.87. The predicted octanol–water partition coefficient (Wildman–Crippen LogP) is 2.06. The van der Waals surface area contributed by atoms with E-state index in [0.29, 0.717) is 12.5 Å². The summed E-state index contributed by atoms with van der Waals surface area (Å²) in [6.07, 6.45) is 0.940. The van der Waals surface area contributed by atoms with Crippen LogP contribution in [0.15, 0.2) is 29.2 Å². The van der Waals surface area contributed by atoms with E-state index >= 15 is 0 Å². The quantitative estimate of drug-likeness (QED) is 0.878. The van der Waals surface area contributed by atoms with Crippen molar-refractivity contribution in [2.24, 2.45) is 5.92 Å². The lowest BCUT2D eigenvalue weighted by Crippen LogP contribution is -2.30. The van der Waals surface area contributed by atoms with Crippen molar-refractivity contribution in [3.8, 4) is 5.75 Å². The number of phenolic OH excluding ortho intramolecular Hbond substituents is 1. The zero-order valence-corrected chi connectivity index (χ0v) is 11.2. The molecule has 17 heavy (non-hydrogen) atoms. The van der Waals surface area contributed by atoms with Gasteiger partial charge in [-0.1, -0.05) is 20.3 Å². The van der Waals surface area contributed by atoms with E-state index in [1.165, 1.54) is 28.6 Å². The molecular formula is C12H19NO3S. The minimum Gasteiger partial charge on any atom is -0.508 e. The van der Waals surface area contributed by atoms with Crippen LogP contribution >= 0.6 is 0 Å². The van der Waals surface area contributed by atoms with E-state index in [0.717, 1.165) is 6.42 Å². The summed E-state index contributed by atoms with van der Waals surface area (Å²) >= 11 is 0. The minimum absolute atomic E-state index is 0.0635. The van der Waals surface area contributed by atoms with Crippen molar-refractivity contribution in [3.63, 3.8) is 0 Å². The Morgan fingerprint density at radius 3 is 2.29 bits per heavy atom. The van der Waals surface area contributed by atoms with Crippen molar-refractivity contribution in [1.82, 2.24) is 4.31 Å². The Morgan fingerprint density at radius 2 is 1.82 bits per heavy atom. The van der Waals surface area contributed by atoms with Gasteiger partial charge in [-0.25, -0.2) is 12.7 Å². The number of sulfonamides is 1. The molecule has 1 rings (SSSR count). The van der Waals surface area contributed by atoms with Gasteiger partial charge in [0.15, 0.2) is 0 Å². The van der Waals surface area contributed by atoms with E-state index < -0.39 is 10.0 Å². The summed E-state index contributed by atoms with van der Waals surface area (Å²) in [5, 5.41) is 9.14. The molecule has 1 aromatic rings. The SMILES string of the molecule is CCC(C)CN(C)S(=O)(=O)c1ccc(O)cc1. The number of rotatable bonds is 5. The Labute approximate surface area is 103 Å². The third-order valence-electron chi connectivity index (χ3n) is 2.81. The predicted molar refractivity (Wildman–Crippen MR) is 67.4 cm³/mol. The van der Waals surface area contributed by atoms with Crippen LogP contribution in [0.5, 0.6) is 5.75 Å². The van der Waals surface area contributed by atoms with Gasteiger partial charge in [0.2, 0.25) is 10.0 Å². The molecule has 1 N–H and O–H groups in total. The molecule has 0 spiro atoms. The maximum atomic E-state index is 12.1. The molecule has 0 aromatic heterocycles. The maximum absolute atomic E-state index is 12.1. The lowest BCUT2D eigenvalue weighted by atomic mass is 10.1. The Hall–Kier alpha value is -1.07. The monoisotopic (exact) mass is 257 g/mol. The van der Waals surface area contributed by atoms with Gasteiger partial charge in [-0.3, -0.25) is 0 Å². The van der Waals surface area contributed by atoms with E-state index in [9.17, 15) is 8.42 Å². The first kappa shape index (κ1) is 14.0. The van der Waals surface area contributed by atoms with Crippen LogP contribution in [0.3, 0.4) is 0 Å².